The number of nitrogens with zero attached hydrogens (tertiary/aromatic N) is 1. The van der Waals surface area contributed by atoms with Crippen molar-refractivity contribution in [3.8, 4) is 5.75 Å². The van der Waals surface area contributed by atoms with Crippen LogP contribution in [0.1, 0.15) is 18.5 Å². The minimum absolute atomic E-state index is 0.000615. The molecule has 1 unspecified atom stereocenters. The first-order chi connectivity index (χ1) is 9.88. The first-order valence-corrected chi connectivity index (χ1v) is 6.45. The molecular weight excluding hydrogens is 299 g/mol. The van der Waals surface area contributed by atoms with Crippen molar-refractivity contribution in [1.82, 2.24) is 0 Å². The highest BCUT2D eigenvalue weighted by molar-refractivity contribution is 6.32. The fourth-order valence-electron chi connectivity index (χ4n) is 1.94. The molecule has 0 aliphatic carbocycles. The van der Waals surface area contributed by atoms with Crippen molar-refractivity contribution >= 4 is 23.0 Å². The van der Waals surface area contributed by atoms with Crippen molar-refractivity contribution in [2.24, 2.45) is 0 Å². The number of nitro benzene ring substituents is 1. The molecule has 0 saturated carbocycles. The molecule has 0 heterocycles. The zero-order valence-corrected chi connectivity index (χ0v) is 11.8. The van der Waals surface area contributed by atoms with Crippen LogP contribution in [0, 0.1) is 15.9 Å². The smallest absolute Gasteiger partial charge is 0.288 e. The van der Waals surface area contributed by atoms with Crippen molar-refractivity contribution in [3.63, 3.8) is 0 Å². The van der Waals surface area contributed by atoms with E-state index >= 15 is 0 Å². The quantitative estimate of drug-likeness (QED) is 0.653. The average molecular weight is 311 g/mol. The molecule has 5 nitrogen and oxygen atoms in total. The molecule has 21 heavy (non-hydrogen) atoms. The summed E-state index contributed by atoms with van der Waals surface area (Å²) in [6, 6.07) is 7.44. The number of benzene rings is 2. The predicted molar refractivity (Wildman–Crippen MR) is 78.2 cm³/mol. The van der Waals surface area contributed by atoms with E-state index in [1.807, 2.05) is 0 Å². The molecule has 0 bridgehead atoms. The van der Waals surface area contributed by atoms with Crippen LogP contribution in [0.25, 0.3) is 0 Å². The summed E-state index contributed by atoms with van der Waals surface area (Å²) in [6.45, 7) is 1.73. The first kappa shape index (κ1) is 15.1. The van der Waals surface area contributed by atoms with Crippen LogP contribution in [0.2, 0.25) is 5.02 Å². The lowest BCUT2D eigenvalue weighted by molar-refractivity contribution is -0.384. The van der Waals surface area contributed by atoms with Crippen molar-refractivity contribution in [3.05, 3.63) is 62.9 Å². The fraction of sp³-hybridized carbons (Fsp3) is 0.143. The number of phenols is 1. The Kier molecular flexibility index (Phi) is 4.28. The van der Waals surface area contributed by atoms with Gasteiger partial charge in [-0.1, -0.05) is 11.6 Å². The summed E-state index contributed by atoms with van der Waals surface area (Å²) < 4.78 is 13.2. The van der Waals surface area contributed by atoms with Crippen LogP contribution in [0.4, 0.5) is 15.8 Å². The second-order valence-electron chi connectivity index (χ2n) is 4.49. The van der Waals surface area contributed by atoms with Gasteiger partial charge in [-0.25, -0.2) is 4.39 Å². The molecule has 0 saturated heterocycles. The van der Waals surface area contributed by atoms with Gasteiger partial charge < -0.3 is 10.4 Å². The molecule has 0 fully saturated rings. The number of hydrogen-bond donors (Lipinski definition) is 2. The van der Waals surface area contributed by atoms with E-state index in [4.69, 9.17) is 11.6 Å². The SMILES string of the molecule is CC(Nc1ccc([N+](=O)[O-])c(Cl)c1)c1cc(F)ccc1O. The summed E-state index contributed by atoms with van der Waals surface area (Å²) >= 11 is 5.82. The number of anilines is 1. The van der Waals surface area contributed by atoms with Gasteiger partial charge in [0.2, 0.25) is 0 Å². The monoisotopic (exact) mass is 310 g/mol. The van der Waals surface area contributed by atoms with Gasteiger partial charge in [0.1, 0.15) is 16.6 Å². The fourth-order valence-corrected chi connectivity index (χ4v) is 2.19. The maximum atomic E-state index is 13.2. The standard InChI is InChI=1S/C14H12ClFN2O3/c1-8(11-6-9(16)2-5-14(11)19)17-10-3-4-13(18(20)21)12(15)7-10/h2-8,17,19H,1H3. The highest BCUT2D eigenvalue weighted by atomic mass is 35.5. The Morgan fingerprint density at radius 3 is 2.67 bits per heavy atom. The van der Waals surface area contributed by atoms with Crippen LogP contribution < -0.4 is 5.32 Å². The predicted octanol–water partition coefficient (Wildman–Crippen LogP) is 4.27. The third-order valence-corrected chi connectivity index (χ3v) is 3.29. The van der Waals surface area contributed by atoms with Crippen LogP contribution in [0.3, 0.4) is 0 Å². The molecule has 2 rings (SSSR count). The zero-order chi connectivity index (χ0) is 15.6. The second-order valence-corrected chi connectivity index (χ2v) is 4.90. The molecule has 1 atom stereocenters. The van der Waals surface area contributed by atoms with Gasteiger partial charge in [-0.05, 0) is 37.3 Å². The van der Waals surface area contributed by atoms with Gasteiger partial charge in [0.25, 0.3) is 5.69 Å². The Bertz CT molecular complexity index is 694. The summed E-state index contributed by atoms with van der Waals surface area (Å²) in [4.78, 5) is 10.1. The number of halogens is 2. The van der Waals surface area contributed by atoms with E-state index in [1.165, 1.54) is 30.3 Å². The molecule has 0 aliphatic rings. The Morgan fingerprint density at radius 2 is 2.05 bits per heavy atom. The van der Waals surface area contributed by atoms with E-state index in [-0.39, 0.29) is 16.5 Å². The lowest BCUT2D eigenvalue weighted by atomic mass is 10.1. The molecular formula is C14H12ClFN2O3. The average Bonchev–Trinajstić information content (AvgIpc) is 2.41. The molecule has 0 spiro atoms. The van der Waals surface area contributed by atoms with Crippen LogP contribution in [-0.4, -0.2) is 10.0 Å². The number of nitro groups is 1. The van der Waals surface area contributed by atoms with Crippen LogP contribution >= 0.6 is 11.6 Å². The van der Waals surface area contributed by atoms with Crippen molar-refractivity contribution in [2.45, 2.75) is 13.0 Å². The topological polar surface area (TPSA) is 75.4 Å². The van der Waals surface area contributed by atoms with E-state index in [1.54, 1.807) is 6.92 Å². The molecule has 2 aromatic rings. The largest absolute Gasteiger partial charge is 0.508 e. The summed E-state index contributed by atoms with van der Waals surface area (Å²) in [7, 11) is 0. The molecule has 110 valence electrons. The van der Waals surface area contributed by atoms with E-state index in [0.29, 0.717) is 11.3 Å². The van der Waals surface area contributed by atoms with Crippen molar-refractivity contribution < 1.29 is 14.4 Å². The van der Waals surface area contributed by atoms with Gasteiger partial charge in [0.15, 0.2) is 0 Å². The molecule has 7 heteroatoms. The summed E-state index contributed by atoms with van der Waals surface area (Å²) in [5.74, 6) is -0.498. The third kappa shape index (κ3) is 3.41. The van der Waals surface area contributed by atoms with E-state index in [2.05, 4.69) is 5.32 Å². The normalized spacial score (nSPS) is 12.0. The Hall–Kier alpha value is -2.34. The maximum absolute atomic E-state index is 13.2. The summed E-state index contributed by atoms with van der Waals surface area (Å²) in [5, 5.41) is 23.4. The number of nitrogens with one attached hydrogen (secondary N) is 1. The van der Waals surface area contributed by atoms with Gasteiger partial charge in [0, 0.05) is 17.3 Å². The molecule has 0 amide bonds. The van der Waals surface area contributed by atoms with E-state index < -0.39 is 16.8 Å². The molecule has 0 aliphatic heterocycles. The molecule has 2 N–H and O–H groups in total. The third-order valence-electron chi connectivity index (χ3n) is 2.98. The minimum Gasteiger partial charge on any atom is -0.508 e. The van der Waals surface area contributed by atoms with Crippen molar-refractivity contribution in [1.29, 1.82) is 0 Å². The highest BCUT2D eigenvalue weighted by Crippen LogP contribution is 2.31. The molecule has 0 aromatic heterocycles. The maximum Gasteiger partial charge on any atom is 0.288 e. The van der Waals surface area contributed by atoms with Crippen LogP contribution in [0.15, 0.2) is 36.4 Å². The Morgan fingerprint density at radius 1 is 1.33 bits per heavy atom. The van der Waals surface area contributed by atoms with Gasteiger partial charge in [0.05, 0.1) is 11.0 Å². The second kappa shape index (κ2) is 5.97. The lowest BCUT2D eigenvalue weighted by Gasteiger charge is -2.17. The minimum atomic E-state index is -0.575. The van der Waals surface area contributed by atoms with E-state index in [0.717, 1.165) is 6.07 Å². The lowest BCUT2D eigenvalue weighted by Crippen LogP contribution is -2.07. The number of aromatic hydroxyl groups is 1. The zero-order valence-electron chi connectivity index (χ0n) is 11.0. The van der Waals surface area contributed by atoms with Crippen molar-refractivity contribution in [2.75, 3.05) is 5.32 Å². The molecule has 0 radical (unpaired) electrons. The van der Waals surface area contributed by atoms with Crippen LogP contribution in [0.5, 0.6) is 5.75 Å². The van der Waals surface area contributed by atoms with Gasteiger partial charge in [-0.3, -0.25) is 10.1 Å². The van der Waals surface area contributed by atoms with Gasteiger partial charge in [-0.15, -0.1) is 0 Å². The number of phenolic OH excluding ortho intramolecular Hbond substituents is 1. The first-order valence-electron chi connectivity index (χ1n) is 6.07. The number of hydrogen-bond acceptors (Lipinski definition) is 4. The van der Waals surface area contributed by atoms with Crippen LogP contribution in [-0.2, 0) is 0 Å². The number of rotatable bonds is 4. The van der Waals surface area contributed by atoms with E-state index in [9.17, 15) is 19.6 Å². The summed E-state index contributed by atoms with van der Waals surface area (Å²) in [5.41, 5.74) is 0.717. The Labute approximate surface area is 125 Å². The van der Waals surface area contributed by atoms with Gasteiger partial charge >= 0.3 is 0 Å². The Balaban J connectivity index is 2.23. The van der Waals surface area contributed by atoms with Gasteiger partial charge in [-0.2, -0.15) is 0 Å². The highest BCUT2D eigenvalue weighted by Gasteiger charge is 2.15. The summed E-state index contributed by atoms with van der Waals surface area (Å²) in [6.07, 6.45) is 0. The molecule has 2 aromatic carbocycles.